The number of nitrogens with two attached hydrogens (primary N) is 1. The second kappa shape index (κ2) is 4.52. The Balaban J connectivity index is 3.30. The van der Waals surface area contributed by atoms with Crippen LogP contribution in [0.4, 0.5) is 18.9 Å². The van der Waals surface area contributed by atoms with Crippen molar-refractivity contribution in [2.24, 2.45) is 5.73 Å². The first kappa shape index (κ1) is 13.1. The third-order valence-corrected chi connectivity index (χ3v) is 1.94. The molecule has 0 aliphatic carbocycles. The third kappa shape index (κ3) is 3.27. The number of hydrogen-bond acceptors (Lipinski definition) is 3. The van der Waals surface area contributed by atoms with Crippen LogP contribution in [0.5, 0.6) is 5.75 Å². The van der Waals surface area contributed by atoms with Gasteiger partial charge in [0.2, 0.25) is 0 Å². The van der Waals surface area contributed by atoms with Crippen molar-refractivity contribution in [2.45, 2.75) is 6.36 Å². The summed E-state index contributed by atoms with van der Waals surface area (Å²) in [5, 5.41) is 0. The molecule has 0 radical (unpaired) electrons. The van der Waals surface area contributed by atoms with E-state index in [4.69, 9.17) is 5.73 Å². The summed E-state index contributed by atoms with van der Waals surface area (Å²) in [6, 6.07) is 3.73. The van der Waals surface area contributed by atoms with Crippen molar-refractivity contribution in [1.82, 2.24) is 0 Å². The molecule has 17 heavy (non-hydrogen) atoms. The average molecular weight is 248 g/mol. The number of alkyl halides is 3. The Kier molecular flexibility index (Phi) is 3.50. The number of para-hydroxylation sites is 1. The third-order valence-electron chi connectivity index (χ3n) is 1.94. The van der Waals surface area contributed by atoms with Crippen molar-refractivity contribution in [3.05, 3.63) is 23.8 Å². The van der Waals surface area contributed by atoms with Crippen LogP contribution in [0.3, 0.4) is 0 Å². The topological polar surface area (TPSA) is 55.6 Å². The maximum Gasteiger partial charge on any atom is 0.573 e. The van der Waals surface area contributed by atoms with Crippen LogP contribution in [0, 0.1) is 0 Å². The van der Waals surface area contributed by atoms with Crippen LogP contribution >= 0.6 is 0 Å². The minimum absolute atomic E-state index is 0.00248. The van der Waals surface area contributed by atoms with E-state index in [9.17, 15) is 18.0 Å². The lowest BCUT2D eigenvalue weighted by Crippen LogP contribution is -2.23. The van der Waals surface area contributed by atoms with Crippen LogP contribution in [-0.4, -0.2) is 26.4 Å². The van der Waals surface area contributed by atoms with Gasteiger partial charge in [-0.3, -0.25) is 4.79 Å². The molecular formula is C10H11F3N2O2. The monoisotopic (exact) mass is 248 g/mol. The zero-order chi connectivity index (χ0) is 13.2. The summed E-state index contributed by atoms with van der Waals surface area (Å²) in [7, 11) is 2.98. The minimum Gasteiger partial charge on any atom is -0.404 e. The lowest BCUT2D eigenvalue weighted by molar-refractivity contribution is -0.274. The number of halogens is 3. The molecule has 7 heteroatoms. The molecule has 1 rings (SSSR count). The summed E-state index contributed by atoms with van der Waals surface area (Å²) in [6.45, 7) is 0. The number of amides is 1. The quantitative estimate of drug-likeness (QED) is 0.886. The predicted molar refractivity (Wildman–Crippen MR) is 56.0 cm³/mol. The summed E-state index contributed by atoms with van der Waals surface area (Å²) in [6.07, 6.45) is -4.82. The van der Waals surface area contributed by atoms with Gasteiger partial charge in [0.25, 0.3) is 5.91 Å². The molecule has 0 spiro atoms. The number of primary amides is 1. The molecule has 0 saturated carbocycles. The summed E-state index contributed by atoms with van der Waals surface area (Å²) in [5.41, 5.74) is 5.05. The van der Waals surface area contributed by atoms with Gasteiger partial charge in [-0.1, -0.05) is 6.07 Å². The highest BCUT2D eigenvalue weighted by Crippen LogP contribution is 2.34. The van der Waals surface area contributed by atoms with E-state index < -0.39 is 18.0 Å². The van der Waals surface area contributed by atoms with Crippen LogP contribution < -0.4 is 15.4 Å². The number of benzene rings is 1. The van der Waals surface area contributed by atoms with Gasteiger partial charge in [0.05, 0.1) is 11.3 Å². The van der Waals surface area contributed by atoms with Crippen molar-refractivity contribution in [3.63, 3.8) is 0 Å². The summed E-state index contributed by atoms with van der Waals surface area (Å²) in [5.74, 6) is -1.28. The molecule has 0 unspecified atom stereocenters. The van der Waals surface area contributed by atoms with Gasteiger partial charge in [-0.25, -0.2) is 0 Å². The van der Waals surface area contributed by atoms with E-state index >= 15 is 0 Å². The van der Waals surface area contributed by atoms with Gasteiger partial charge in [-0.05, 0) is 12.1 Å². The standard InChI is InChI=1S/C10H11F3N2O2/c1-15(2)8-6(9(14)16)4-3-5-7(8)17-10(11,12)13/h3-5H,1-2H3,(H2,14,16). The largest absolute Gasteiger partial charge is 0.573 e. The van der Waals surface area contributed by atoms with E-state index in [2.05, 4.69) is 4.74 Å². The number of hydrogen-bond donors (Lipinski definition) is 1. The number of carbonyl (C=O) groups is 1. The summed E-state index contributed by atoms with van der Waals surface area (Å²) >= 11 is 0. The molecule has 1 aromatic carbocycles. The fourth-order valence-corrected chi connectivity index (χ4v) is 1.39. The van der Waals surface area contributed by atoms with E-state index in [1.165, 1.54) is 31.1 Å². The van der Waals surface area contributed by atoms with Crippen molar-refractivity contribution < 1.29 is 22.7 Å². The maximum absolute atomic E-state index is 12.2. The van der Waals surface area contributed by atoms with Crippen LogP contribution in [0.1, 0.15) is 10.4 Å². The van der Waals surface area contributed by atoms with Crippen molar-refractivity contribution in [2.75, 3.05) is 19.0 Å². The Bertz CT molecular complexity index is 430. The van der Waals surface area contributed by atoms with Crippen LogP contribution in [0.25, 0.3) is 0 Å². The van der Waals surface area contributed by atoms with E-state index in [-0.39, 0.29) is 11.3 Å². The SMILES string of the molecule is CN(C)c1c(OC(F)(F)F)cccc1C(N)=O. The Morgan fingerprint density at radius 1 is 1.35 bits per heavy atom. The molecule has 1 amide bonds. The molecule has 1 aromatic rings. The number of rotatable bonds is 3. The molecule has 0 aliphatic heterocycles. The highest BCUT2D eigenvalue weighted by Gasteiger charge is 2.33. The second-order valence-corrected chi connectivity index (χ2v) is 3.46. The highest BCUT2D eigenvalue weighted by atomic mass is 19.4. The number of anilines is 1. The normalized spacial score (nSPS) is 11.1. The van der Waals surface area contributed by atoms with Crippen LogP contribution in [-0.2, 0) is 0 Å². The van der Waals surface area contributed by atoms with Gasteiger partial charge < -0.3 is 15.4 Å². The van der Waals surface area contributed by atoms with E-state index in [1.54, 1.807) is 0 Å². The molecule has 0 aromatic heterocycles. The zero-order valence-electron chi connectivity index (χ0n) is 9.21. The van der Waals surface area contributed by atoms with E-state index in [0.717, 1.165) is 6.07 Å². The number of ether oxygens (including phenoxy) is 1. The lowest BCUT2D eigenvalue weighted by Gasteiger charge is -2.20. The zero-order valence-corrected chi connectivity index (χ0v) is 9.21. The molecule has 0 aliphatic rings. The van der Waals surface area contributed by atoms with Gasteiger partial charge >= 0.3 is 6.36 Å². The molecule has 4 nitrogen and oxygen atoms in total. The van der Waals surface area contributed by atoms with Crippen LogP contribution in [0.2, 0.25) is 0 Å². The smallest absolute Gasteiger partial charge is 0.404 e. The summed E-state index contributed by atoms with van der Waals surface area (Å²) < 4.78 is 40.3. The van der Waals surface area contributed by atoms with Crippen molar-refractivity contribution >= 4 is 11.6 Å². The first-order valence-corrected chi connectivity index (χ1v) is 4.58. The first-order chi connectivity index (χ1) is 7.72. The fraction of sp³-hybridized carbons (Fsp3) is 0.300. The minimum atomic E-state index is -4.82. The van der Waals surface area contributed by atoms with Crippen LogP contribution in [0.15, 0.2) is 18.2 Å². The number of nitrogens with zero attached hydrogens (tertiary/aromatic N) is 1. The molecule has 94 valence electrons. The Morgan fingerprint density at radius 3 is 2.35 bits per heavy atom. The average Bonchev–Trinajstić information content (AvgIpc) is 2.14. The van der Waals surface area contributed by atoms with Gasteiger partial charge in [0.1, 0.15) is 0 Å². The molecule has 0 atom stereocenters. The molecule has 2 N–H and O–H groups in total. The van der Waals surface area contributed by atoms with Gasteiger partial charge in [-0.2, -0.15) is 0 Å². The Morgan fingerprint density at radius 2 is 1.94 bits per heavy atom. The second-order valence-electron chi connectivity index (χ2n) is 3.46. The lowest BCUT2D eigenvalue weighted by atomic mass is 10.1. The van der Waals surface area contributed by atoms with Crippen molar-refractivity contribution in [3.8, 4) is 5.75 Å². The predicted octanol–water partition coefficient (Wildman–Crippen LogP) is 1.75. The number of carbonyl (C=O) groups excluding carboxylic acids is 1. The fourth-order valence-electron chi connectivity index (χ4n) is 1.39. The van der Waals surface area contributed by atoms with Crippen molar-refractivity contribution in [1.29, 1.82) is 0 Å². The molecule has 0 saturated heterocycles. The Labute approximate surface area is 95.8 Å². The van der Waals surface area contributed by atoms with Gasteiger partial charge in [0.15, 0.2) is 5.75 Å². The highest BCUT2D eigenvalue weighted by molar-refractivity contribution is 6.00. The maximum atomic E-state index is 12.2. The Hall–Kier alpha value is -1.92. The van der Waals surface area contributed by atoms with Gasteiger partial charge in [0, 0.05) is 14.1 Å². The van der Waals surface area contributed by atoms with E-state index in [0.29, 0.717) is 0 Å². The molecular weight excluding hydrogens is 237 g/mol. The molecule has 0 bridgehead atoms. The van der Waals surface area contributed by atoms with E-state index in [1.807, 2.05) is 0 Å². The first-order valence-electron chi connectivity index (χ1n) is 4.58. The van der Waals surface area contributed by atoms with Gasteiger partial charge in [-0.15, -0.1) is 13.2 Å². The molecule has 0 heterocycles. The molecule has 0 fully saturated rings. The summed E-state index contributed by atoms with van der Waals surface area (Å²) in [4.78, 5) is 12.4.